The molecule has 7 heteroatoms. The van der Waals surface area contributed by atoms with Gasteiger partial charge in [0, 0.05) is 39.3 Å². The Balaban J connectivity index is 1.71. The van der Waals surface area contributed by atoms with Crippen molar-refractivity contribution >= 4 is 50.3 Å². The number of hydrogen-bond acceptors (Lipinski definition) is 3. The number of aliphatic carboxylic acids is 1. The molecule has 178 valence electrons. The standard InChI is InChI=1S/C28H24BrClN2O3/c1-17-26(22-15-20(29)12-13-24(22)32-27(17)18-7-3-2-4-8-18)28(35)31-16-19(11-14-25(33)34)21-9-5-6-10-23(21)30/h2-10,12-13,15,19H,11,14,16H2,1H3,(H,31,35)(H,33,34)/t19-/m1/s1. The molecule has 3 aromatic carbocycles. The second kappa shape index (κ2) is 11.0. The molecule has 4 rings (SSSR count). The molecule has 0 saturated carbocycles. The molecular formula is C28H24BrClN2O3. The van der Waals surface area contributed by atoms with Crippen LogP contribution in [0.1, 0.15) is 40.2 Å². The Kier molecular flexibility index (Phi) is 7.83. The largest absolute Gasteiger partial charge is 0.481 e. The molecule has 1 amide bonds. The van der Waals surface area contributed by atoms with E-state index in [0.29, 0.717) is 17.0 Å². The summed E-state index contributed by atoms with van der Waals surface area (Å²) in [5.74, 6) is -1.36. The third-order valence-corrected chi connectivity index (χ3v) is 6.86. The number of fused-ring (bicyclic) bond motifs is 1. The first-order chi connectivity index (χ1) is 16.8. The highest BCUT2D eigenvalue weighted by Gasteiger charge is 2.22. The molecule has 0 fully saturated rings. The zero-order chi connectivity index (χ0) is 24.9. The fraction of sp³-hybridized carbons (Fsp3) is 0.179. The number of carboxylic acids is 1. The van der Waals surface area contributed by atoms with Gasteiger partial charge in [0.15, 0.2) is 0 Å². The number of halogens is 2. The molecule has 5 nitrogen and oxygen atoms in total. The molecule has 0 aliphatic rings. The highest BCUT2D eigenvalue weighted by molar-refractivity contribution is 9.10. The fourth-order valence-corrected chi connectivity index (χ4v) is 4.93. The third kappa shape index (κ3) is 5.72. The molecule has 1 atom stereocenters. The lowest BCUT2D eigenvalue weighted by molar-refractivity contribution is -0.137. The van der Waals surface area contributed by atoms with E-state index in [0.717, 1.165) is 37.8 Å². The summed E-state index contributed by atoms with van der Waals surface area (Å²) in [6.45, 7) is 2.16. The number of carbonyl (C=O) groups excluding carboxylic acids is 1. The fourth-order valence-electron chi connectivity index (χ4n) is 4.28. The number of nitrogens with one attached hydrogen (secondary N) is 1. The molecule has 0 unspecified atom stereocenters. The van der Waals surface area contributed by atoms with E-state index in [9.17, 15) is 14.7 Å². The van der Waals surface area contributed by atoms with Crippen LogP contribution in [0, 0.1) is 6.92 Å². The minimum absolute atomic E-state index is 0.0198. The van der Waals surface area contributed by atoms with Gasteiger partial charge in [-0.15, -0.1) is 0 Å². The average molecular weight is 552 g/mol. The zero-order valence-corrected chi connectivity index (χ0v) is 21.4. The van der Waals surface area contributed by atoms with Gasteiger partial charge in [0.1, 0.15) is 0 Å². The van der Waals surface area contributed by atoms with Crippen molar-refractivity contribution in [1.29, 1.82) is 0 Å². The van der Waals surface area contributed by atoms with Gasteiger partial charge in [0.05, 0.1) is 16.8 Å². The van der Waals surface area contributed by atoms with Crippen LogP contribution in [0.5, 0.6) is 0 Å². The minimum Gasteiger partial charge on any atom is -0.481 e. The number of pyridine rings is 1. The summed E-state index contributed by atoms with van der Waals surface area (Å²) in [7, 11) is 0. The van der Waals surface area contributed by atoms with Crippen LogP contribution in [0.2, 0.25) is 5.02 Å². The van der Waals surface area contributed by atoms with Crippen LogP contribution >= 0.6 is 27.5 Å². The molecule has 0 saturated heterocycles. The molecule has 35 heavy (non-hydrogen) atoms. The second-order valence-electron chi connectivity index (χ2n) is 8.35. The number of hydrogen-bond donors (Lipinski definition) is 2. The summed E-state index contributed by atoms with van der Waals surface area (Å²) >= 11 is 9.91. The predicted molar refractivity (Wildman–Crippen MR) is 143 cm³/mol. The Hall–Kier alpha value is -3.22. The van der Waals surface area contributed by atoms with E-state index in [1.807, 2.05) is 73.7 Å². The maximum Gasteiger partial charge on any atom is 0.303 e. The number of amides is 1. The van der Waals surface area contributed by atoms with Gasteiger partial charge in [-0.2, -0.15) is 0 Å². The third-order valence-electron chi connectivity index (χ3n) is 6.03. The summed E-state index contributed by atoms with van der Waals surface area (Å²) in [5, 5.41) is 13.6. The molecule has 1 heterocycles. The van der Waals surface area contributed by atoms with Gasteiger partial charge < -0.3 is 10.4 Å². The van der Waals surface area contributed by atoms with Crippen LogP contribution < -0.4 is 5.32 Å². The SMILES string of the molecule is Cc1c(-c2ccccc2)nc2ccc(Br)cc2c1C(=O)NC[C@@H](CCC(=O)O)c1ccccc1Cl. The van der Waals surface area contributed by atoms with E-state index in [-0.39, 0.29) is 24.8 Å². The molecule has 4 aromatic rings. The van der Waals surface area contributed by atoms with E-state index in [2.05, 4.69) is 21.2 Å². The van der Waals surface area contributed by atoms with Crippen LogP contribution in [0.15, 0.2) is 77.3 Å². The summed E-state index contributed by atoms with van der Waals surface area (Å²) < 4.78 is 0.850. The lowest BCUT2D eigenvalue weighted by atomic mass is 9.93. The van der Waals surface area contributed by atoms with E-state index in [1.165, 1.54) is 0 Å². The van der Waals surface area contributed by atoms with Gasteiger partial charge >= 0.3 is 5.97 Å². The number of rotatable bonds is 8. The van der Waals surface area contributed by atoms with Gasteiger partial charge in [0.2, 0.25) is 0 Å². The lowest BCUT2D eigenvalue weighted by Gasteiger charge is -2.20. The van der Waals surface area contributed by atoms with E-state index >= 15 is 0 Å². The highest BCUT2D eigenvalue weighted by atomic mass is 79.9. The number of carbonyl (C=O) groups is 2. The topological polar surface area (TPSA) is 79.3 Å². The van der Waals surface area contributed by atoms with Gasteiger partial charge in [-0.1, -0.05) is 76.1 Å². The average Bonchev–Trinajstić information content (AvgIpc) is 2.84. The van der Waals surface area contributed by atoms with E-state index in [4.69, 9.17) is 16.6 Å². The molecule has 0 aliphatic heterocycles. The number of nitrogens with zero attached hydrogens (tertiary/aromatic N) is 1. The van der Waals surface area contributed by atoms with Crippen molar-refractivity contribution in [2.45, 2.75) is 25.7 Å². The van der Waals surface area contributed by atoms with Crippen molar-refractivity contribution in [3.8, 4) is 11.3 Å². The molecule has 1 aromatic heterocycles. The summed E-state index contributed by atoms with van der Waals surface area (Å²) in [6, 6.07) is 22.8. The van der Waals surface area contributed by atoms with Crippen molar-refractivity contribution in [2.24, 2.45) is 0 Å². The molecule has 0 spiro atoms. The Morgan fingerprint density at radius 3 is 2.49 bits per heavy atom. The van der Waals surface area contributed by atoms with Crippen LogP contribution in [-0.4, -0.2) is 28.5 Å². The highest BCUT2D eigenvalue weighted by Crippen LogP contribution is 2.32. The zero-order valence-electron chi connectivity index (χ0n) is 19.1. The minimum atomic E-state index is -0.887. The van der Waals surface area contributed by atoms with Crippen LogP contribution in [0.4, 0.5) is 0 Å². The van der Waals surface area contributed by atoms with Crippen molar-refractivity contribution in [3.05, 3.63) is 99.0 Å². The molecule has 0 radical (unpaired) electrons. The second-order valence-corrected chi connectivity index (χ2v) is 9.67. The first kappa shape index (κ1) is 24.9. The lowest BCUT2D eigenvalue weighted by Crippen LogP contribution is -2.30. The Labute approximate surface area is 217 Å². The first-order valence-corrected chi connectivity index (χ1v) is 12.4. The van der Waals surface area contributed by atoms with Crippen molar-refractivity contribution in [3.63, 3.8) is 0 Å². The quantitative estimate of drug-likeness (QED) is 0.247. The van der Waals surface area contributed by atoms with Crippen molar-refractivity contribution in [2.75, 3.05) is 6.54 Å². The Bertz CT molecular complexity index is 1390. The Morgan fingerprint density at radius 2 is 1.77 bits per heavy atom. The van der Waals surface area contributed by atoms with Crippen molar-refractivity contribution in [1.82, 2.24) is 10.3 Å². The predicted octanol–water partition coefficient (Wildman–Crippen LogP) is 7.00. The summed E-state index contributed by atoms with van der Waals surface area (Å²) in [4.78, 5) is 29.7. The molecule has 0 bridgehead atoms. The maximum absolute atomic E-state index is 13.6. The normalized spacial score (nSPS) is 11.9. The van der Waals surface area contributed by atoms with Gasteiger partial charge in [-0.3, -0.25) is 9.59 Å². The van der Waals surface area contributed by atoms with Crippen LogP contribution in [-0.2, 0) is 4.79 Å². The molecule has 0 aliphatic carbocycles. The first-order valence-electron chi connectivity index (χ1n) is 11.2. The number of aromatic nitrogens is 1. The smallest absolute Gasteiger partial charge is 0.303 e. The van der Waals surface area contributed by atoms with Crippen LogP contribution in [0.25, 0.3) is 22.2 Å². The van der Waals surface area contributed by atoms with Gasteiger partial charge in [0.25, 0.3) is 5.91 Å². The maximum atomic E-state index is 13.6. The van der Waals surface area contributed by atoms with Crippen molar-refractivity contribution < 1.29 is 14.7 Å². The summed E-state index contributed by atoms with van der Waals surface area (Å²) in [5.41, 5.74) is 4.54. The molecule has 2 N–H and O–H groups in total. The van der Waals surface area contributed by atoms with Crippen LogP contribution in [0.3, 0.4) is 0 Å². The number of carboxylic acid groups (broad SMARTS) is 1. The Morgan fingerprint density at radius 1 is 1.06 bits per heavy atom. The van der Waals surface area contributed by atoms with Gasteiger partial charge in [-0.25, -0.2) is 4.98 Å². The molecular weight excluding hydrogens is 528 g/mol. The van der Waals surface area contributed by atoms with Gasteiger partial charge in [-0.05, 0) is 48.7 Å². The van der Waals surface area contributed by atoms with E-state index in [1.54, 1.807) is 6.07 Å². The van der Waals surface area contributed by atoms with E-state index < -0.39 is 5.97 Å². The number of benzene rings is 3. The summed E-state index contributed by atoms with van der Waals surface area (Å²) in [6.07, 6.45) is 0.338. The monoisotopic (exact) mass is 550 g/mol.